The lowest BCUT2D eigenvalue weighted by Gasteiger charge is -2.20. The maximum absolute atomic E-state index is 5.56. The molecule has 1 aliphatic rings. The van der Waals surface area contributed by atoms with Gasteiger partial charge in [-0.3, -0.25) is 0 Å². The Bertz CT molecular complexity index is 310. The van der Waals surface area contributed by atoms with Crippen molar-refractivity contribution in [2.24, 2.45) is 5.73 Å². The average Bonchev–Trinajstić information content (AvgIpc) is 2.61. The van der Waals surface area contributed by atoms with Crippen LogP contribution < -0.4 is 5.73 Å². The standard InChI is InChI=1S/C9H13BrN2OS/c10-9-8(14-7(5-11)12-9)6-1-3-13-4-2-6/h6H,1-5,11H2. The van der Waals surface area contributed by atoms with E-state index < -0.39 is 0 Å². The summed E-state index contributed by atoms with van der Waals surface area (Å²) in [6, 6.07) is 0. The molecule has 5 heteroatoms. The lowest BCUT2D eigenvalue weighted by molar-refractivity contribution is 0.0858. The normalized spacial score (nSPS) is 18.7. The second kappa shape index (κ2) is 4.70. The first-order valence-electron chi connectivity index (χ1n) is 4.74. The predicted molar refractivity (Wildman–Crippen MR) is 60.5 cm³/mol. The van der Waals surface area contributed by atoms with Crippen molar-refractivity contribution in [3.8, 4) is 0 Å². The maximum Gasteiger partial charge on any atom is 0.120 e. The Morgan fingerprint density at radius 3 is 2.79 bits per heavy atom. The first kappa shape index (κ1) is 10.5. The Hall–Kier alpha value is 0.0300. The Kier molecular flexibility index (Phi) is 3.54. The van der Waals surface area contributed by atoms with Gasteiger partial charge in [0.1, 0.15) is 9.61 Å². The minimum absolute atomic E-state index is 0.534. The van der Waals surface area contributed by atoms with Gasteiger partial charge in [0.25, 0.3) is 0 Å². The number of hydrogen-bond acceptors (Lipinski definition) is 4. The van der Waals surface area contributed by atoms with Crippen LogP contribution in [-0.4, -0.2) is 18.2 Å². The van der Waals surface area contributed by atoms with Gasteiger partial charge in [0, 0.05) is 30.6 Å². The van der Waals surface area contributed by atoms with Crippen LogP contribution in [0, 0.1) is 0 Å². The van der Waals surface area contributed by atoms with Gasteiger partial charge >= 0.3 is 0 Å². The fourth-order valence-corrected chi connectivity index (χ4v) is 3.56. The first-order chi connectivity index (χ1) is 6.81. The molecule has 1 aliphatic heterocycles. The van der Waals surface area contributed by atoms with Crippen molar-refractivity contribution >= 4 is 27.3 Å². The van der Waals surface area contributed by atoms with Crippen LogP contribution in [-0.2, 0) is 11.3 Å². The van der Waals surface area contributed by atoms with Gasteiger partial charge in [0.15, 0.2) is 0 Å². The summed E-state index contributed by atoms with van der Waals surface area (Å²) in [6.07, 6.45) is 2.20. The number of thiazole rings is 1. The highest BCUT2D eigenvalue weighted by atomic mass is 79.9. The van der Waals surface area contributed by atoms with E-state index in [-0.39, 0.29) is 0 Å². The van der Waals surface area contributed by atoms with Crippen LogP contribution in [0.1, 0.15) is 28.6 Å². The number of halogens is 1. The molecular formula is C9H13BrN2OS. The van der Waals surface area contributed by atoms with Gasteiger partial charge < -0.3 is 10.5 Å². The minimum atomic E-state index is 0.534. The molecule has 78 valence electrons. The second-order valence-corrected chi connectivity index (χ2v) is 5.22. The number of nitrogens with two attached hydrogens (primary N) is 1. The van der Waals surface area contributed by atoms with Crippen LogP contribution in [0.4, 0.5) is 0 Å². The molecule has 2 heterocycles. The molecule has 0 aromatic carbocycles. The highest BCUT2D eigenvalue weighted by molar-refractivity contribution is 9.10. The number of aromatic nitrogens is 1. The van der Waals surface area contributed by atoms with E-state index in [2.05, 4.69) is 20.9 Å². The third kappa shape index (κ3) is 2.16. The summed E-state index contributed by atoms with van der Waals surface area (Å²) in [4.78, 5) is 5.72. The van der Waals surface area contributed by atoms with Gasteiger partial charge in [-0.25, -0.2) is 4.98 Å². The monoisotopic (exact) mass is 276 g/mol. The molecule has 2 N–H and O–H groups in total. The van der Waals surface area contributed by atoms with Crippen LogP contribution >= 0.6 is 27.3 Å². The highest BCUT2D eigenvalue weighted by Gasteiger charge is 2.21. The largest absolute Gasteiger partial charge is 0.381 e. The van der Waals surface area contributed by atoms with Crippen LogP contribution in [0.3, 0.4) is 0 Å². The number of nitrogens with zero attached hydrogens (tertiary/aromatic N) is 1. The lowest BCUT2D eigenvalue weighted by Crippen LogP contribution is -2.13. The maximum atomic E-state index is 5.56. The highest BCUT2D eigenvalue weighted by Crippen LogP contribution is 2.36. The Labute approximate surface area is 95.8 Å². The Morgan fingerprint density at radius 2 is 2.21 bits per heavy atom. The summed E-state index contributed by atoms with van der Waals surface area (Å²) in [6.45, 7) is 2.27. The van der Waals surface area contributed by atoms with E-state index in [1.165, 1.54) is 4.88 Å². The van der Waals surface area contributed by atoms with Gasteiger partial charge in [0.05, 0.1) is 0 Å². The molecule has 1 aromatic rings. The molecule has 0 spiro atoms. The molecule has 1 aromatic heterocycles. The molecule has 0 aliphatic carbocycles. The molecule has 1 fully saturated rings. The zero-order valence-corrected chi connectivity index (χ0v) is 10.2. The molecule has 0 radical (unpaired) electrons. The Morgan fingerprint density at radius 1 is 1.50 bits per heavy atom. The smallest absolute Gasteiger partial charge is 0.120 e. The average molecular weight is 277 g/mol. The van der Waals surface area contributed by atoms with E-state index in [0.29, 0.717) is 12.5 Å². The van der Waals surface area contributed by atoms with Crippen molar-refractivity contribution < 1.29 is 4.74 Å². The van der Waals surface area contributed by atoms with Crippen LogP contribution in [0.2, 0.25) is 0 Å². The van der Waals surface area contributed by atoms with Gasteiger partial charge in [-0.2, -0.15) is 0 Å². The molecule has 0 bridgehead atoms. The van der Waals surface area contributed by atoms with Gasteiger partial charge in [-0.15, -0.1) is 11.3 Å². The fraction of sp³-hybridized carbons (Fsp3) is 0.667. The van der Waals surface area contributed by atoms with Crippen molar-refractivity contribution in [3.05, 3.63) is 14.5 Å². The second-order valence-electron chi connectivity index (χ2n) is 3.35. The van der Waals surface area contributed by atoms with Gasteiger partial charge in [-0.05, 0) is 28.8 Å². The third-order valence-corrected chi connectivity index (χ3v) is 4.53. The summed E-state index contributed by atoms with van der Waals surface area (Å²) in [5.74, 6) is 0.607. The van der Waals surface area contributed by atoms with Crippen molar-refractivity contribution in [2.75, 3.05) is 13.2 Å². The zero-order chi connectivity index (χ0) is 9.97. The predicted octanol–water partition coefficient (Wildman–Crippen LogP) is 2.26. The lowest BCUT2D eigenvalue weighted by atomic mass is 9.99. The summed E-state index contributed by atoms with van der Waals surface area (Å²) in [5.41, 5.74) is 5.56. The van der Waals surface area contributed by atoms with E-state index >= 15 is 0 Å². The van der Waals surface area contributed by atoms with E-state index in [9.17, 15) is 0 Å². The van der Waals surface area contributed by atoms with Crippen molar-refractivity contribution in [2.45, 2.75) is 25.3 Å². The van der Waals surface area contributed by atoms with Crippen molar-refractivity contribution in [3.63, 3.8) is 0 Å². The van der Waals surface area contributed by atoms with Crippen LogP contribution in [0.15, 0.2) is 4.60 Å². The Balaban J connectivity index is 2.17. The SMILES string of the molecule is NCc1nc(Br)c(C2CCOCC2)s1. The summed E-state index contributed by atoms with van der Waals surface area (Å²) in [7, 11) is 0. The zero-order valence-electron chi connectivity index (χ0n) is 7.83. The van der Waals surface area contributed by atoms with E-state index in [4.69, 9.17) is 10.5 Å². The van der Waals surface area contributed by atoms with Crippen LogP contribution in [0.5, 0.6) is 0 Å². The molecule has 1 saturated heterocycles. The first-order valence-corrected chi connectivity index (χ1v) is 6.35. The van der Waals surface area contributed by atoms with E-state index in [1.54, 1.807) is 11.3 Å². The van der Waals surface area contributed by atoms with Crippen molar-refractivity contribution in [1.82, 2.24) is 4.98 Å². The summed E-state index contributed by atoms with van der Waals surface area (Å²) in [5, 5.41) is 1.01. The number of hydrogen-bond donors (Lipinski definition) is 1. The topological polar surface area (TPSA) is 48.1 Å². The molecule has 0 atom stereocenters. The molecular weight excluding hydrogens is 264 g/mol. The van der Waals surface area contributed by atoms with Crippen molar-refractivity contribution in [1.29, 1.82) is 0 Å². The minimum Gasteiger partial charge on any atom is -0.381 e. The molecule has 3 nitrogen and oxygen atoms in total. The summed E-state index contributed by atoms with van der Waals surface area (Å²) < 4.78 is 6.32. The van der Waals surface area contributed by atoms with Gasteiger partial charge in [-0.1, -0.05) is 0 Å². The number of rotatable bonds is 2. The fourth-order valence-electron chi connectivity index (χ4n) is 1.66. The van der Waals surface area contributed by atoms with E-state index in [1.807, 2.05) is 0 Å². The number of ether oxygens (including phenoxy) is 1. The molecule has 0 amide bonds. The summed E-state index contributed by atoms with van der Waals surface area (Å²) >= 11 is 5.22. The third-order valence-electron chi connectivity index (χ3n) is 2.42. The molecule has 0 unspecified atom stereocenters. The van der Waals surface area contributed by atoms with Crippen LogP contribution in [0.25, 0.3) is 0 Å². The quantitative estimate of drug-likeness (QED) is 0.902. The van der Waals surface area contributed by atoms with E-state index in [0.717, 1.165) is 35.7 Å². The molecule has 0 saturated carbocycles. The molecule has 14 heavy (non-hydrogen) atoms. The van der Waals surface area contributed by atoms with Gasteiger partial charge in [0.2, 0.25) is 0 Å². The molecule has 2 rings (SSSR count).